The molecule has 1 aromatic carbocycles. The van der Waals surface area contributed by atoms with Crippen molar-refractivity contribution >= 4 is 22.2 Å². The van der Waals surface area contributed by atoms with Gasteiger partial charge in [0, 0.05) is 34.7 Å². The van der Waals surface area contributed by atoms with Crippen LogP contribution in [-0.2, 0) is 6.54 Å². The van der Waals surface area contributed by atoms with Crippen molar-refractivity contribution in [1.82, 2.24) is 15.3 Å². The second-order valence-electron chi connectivity index (χ2n) is 4.77. The molecule has 2 N–H and O–H groups in total. The summed E-state index contributed by atoms with van der Waals surface area (Å²) in [5, 5.41) is 5.97. The van der Waals surface area contributed by atoms with Crippen molar-refractivity contribution in [3.63, 3.8) is 0 Å². The maximum Gasteiger partial charge on any atom is 0.109 e. The van der Waals surface area contributed by atoms with Gasteiger partial charge in [0.15, 0.2) is 0 Å². The summed E-state index contributed by atoms with van der Waals surface area (Å²) < 4.78 is 0. The highest BCUT2D eigenvalue weighted by Gasteiger charge is 2.10. The number of aromatic nitrogens is 2. The molecule has 0 aliphatic rings. The summed E-state index contributed by atoms with van der Waals surface area (Å²) in [4.78, 5) is 8.99. The molecule has 2 heterocycles. The van der Waals surface area contributed by atoms with Crippen LogP contribution in [0.2, 0.25) is 0 Å². The third-order valence-electron chi connectivity index (χ3n) is 3.28. The molecule has 0 aliphatic heterocycles. The van der Waals surface area contributed by atoms with E-state index in [1.165, 1.54) is 21.3 Å². The van der Waals surface area contributed by atoms with E-state index in [-0.39, 0.29) is 6.04 Å². The Morgan fingerprint density at radius 2 is 2.21 bits per heavy atom. The Labute approximate surface area is 116 Å². The van der Waals surface area contributed by atoms with Gasteiger partial charge in [-0.15, -0.1) is 11.3 Å². The van der Waals surface area contributed by atoms with Crippen LogP contribution in [0.25, 0.3) is 10.9 Å². The first-order valence-electron chi connectivity index (χ1n) is 6.45. The Bertz CT molecular complexity index is 683. The quantitative estimate of drug-likeness (QED) is 0.758. The van der Waals surface area contributed by atoms with Crippen molar-refractivity contribution in [1.29, 1.82) is 0 Å². The molecule has 4 heteroatoms. The zero-order chi connectivity index (χ0) is 13.2. The van der Waals surface area contributed by atoms with Crippen LogP contribution in [0.4, 0.5) is 0 Å². The smallest absolute Gasteiger partial charge is 0.109 e. The molecule has 0 spiro atoms. The minimum Gasteiger partial charge on any atom is -0.361 e. The van der Waals surface area contributed by atoms with E-state index in [1.54, 1.807) is 11.3 Å². The van der Waals surface area contributed by atoms with Crippen LogP contribution in [0.3, 0.4) is 0 Å². The molecule has 3 aromatic rings. The maximum absolute atomic E-state index is 4.43. The van der Waals surface area contributed by atoms with Crippen molar-refractivity contribution in [2.24, 2.45) is 0 Å². The lowest BCUT2D eigenvalue weighted by Gasteiger charge is -2.10. The third kappa shape index (κ3) is 2.55. The summed E-state index contributed by atoms with van der Waals surface area (Å²) >= 11 is 1.76. The molecule has 2 aromatic heterocycles. The van der Waals surface area contributed by atoms with Gasteiger partial charge in [-0.3, -0.25) is 0 Å². The molecule has 0 radical (unpaired) electrons. The Balaban J connectivity index is 1.72. The molecule has 98 valence electrons. The van der Waals surface area contributed by atoms with Crippen LogP contribution in [-0.4, -0.2) is 9.97 Å². The van der Waals surface area contributed by atoms with E-state index in [2.05, 4.69) is 59.6 Å². The number of thiazole rings is 1. The molecule has 0 amide bonds. The standard InChI is InChI=1S/C15H17N3S/c1-10-7-18-15(19-10)11(2)16-8-12-9-17-14-6-4-3-5-13(12)14/h3-7,9,11,16-17H,8H2,1-2H3. The van der Waals surface area contributed by atoms with Gasteiger partial charge in [-0.05, 0) is 25.5 Å². The number of hydrogen-bond acceptors (Lipinski definition) is 3. The fourth-order valence-electron chi connectivity index (χ4n) is 2.20. The minimum atomic E-state index is 0.285. The Kier molecular flexibility index (Phi) is 3.36. The molecule has 0 fully saturated rings. The number of hydrogen-bond donors (Lipinski definition) is 2. The van der Waals surface area contributed by atoms with Gasteiger partial charge in [-0.2, -0.15) is 0 Å². The van der Waals surface area contributed by atoms with E-state index in [1.807, 2.05) is 6.20 Å². The highest BCUT2D eigenvalue weighted by atomic mass is 32.1. The lowest BCUT2D eigenvalue weighted by molar-refractivity contribution is 0.573. The zero-order valence-electron chi connectivity index (χ0n) is 11.1. The predicted molar refractivity (Wildman–Crippen MR) is 80.4 cm³/mol. The van der Waals surface area contributed by atoms with Crippen molar-refractivity contribution in [3.8, 4) is 0 Å². The number of aryl methyl sites for hydroxylation is 1. The first-order chi connectivity index (χ1) is 9.24. The fraction of sp³-hybridized carbons (Fsp3) is 0.267. The molecule has 3 rings (SSSR count). The zero-order valence-corrected chi connectivity index (χ0v) is 11.9. The average Bonchev–Trinajstić information content (AvgIpc) is 3.02. The van der Waals surface area contributed by atoms with E-state index < -0.39 is 0 Å². The van der Waals surface area contributed by atoms with Gasteiger partial charge in [0.25, 0.3) is 0 Å². The second-order valence-corrected chi connectivity index (χ2v) is 6.04. The molecule has 1 atom stereocenters. The van der Waals surface area contributed by atoms with Crippen molar-refractivity contribution in [2.45, 2.75) is 26.4 Å². The number of rotatable bonds is 4. The third-order valence-corrected chi connectivity index (χ3v) is 4.38. The van der Waals surface area contributed by atoms with Crippen LogP contribution in [0, 0.1) is 6.92 Å². The van der Waals surface area contributed by atoms with Gasteiger partial charge in [-0.1, -0.05) is 18.2 Å². The highest BCUT2D eigenvalue weighted by Crippen LogP contribution is 2.21. The Morgan fingerprint density at radius 1 is 1.37 bits per heavy atom. The lowest BCUT2D eigenvalue weighted by Crippen LogP contribution is -2.17. The first-order valence-corrected chi connectivity index (χ1v) is 7.26. The molecule has 19 heavy (non-hydrogen) atoms. The van der Waals surface area contributed by atoms with Crippen molar-refractivity contribution in [3.05, 3.63) is 52.1 Å². The van der Waals surface area contributed by atoms with E-state index in [0.29, 0.717) is 0 Å². The van der Waals surface area contributed by atoms with Crippen LogP contribution in [0.5, 0.6) is 0 Å². The molecular formula is C15H17N3S. The summed E-state index contributed by atoms with van der Waals surface area (Å²) in [6.07, 6.45) is 4.02. The topological polar surface area (TPSA) is 40.7 Å². The average molecular weight is 271 g/mol. The molecule has 0 saturated carbocycles. The second kappa shape index (κ2) is 5.15. The van der Waals surface area contributed by atoms with Crippen molar-refractivity contribution < 1.29 is 0 Å². The van der Waals surface area contributed by atoms with E-state index in [0.717, 1.165) is 11.6 Å². The largest absolute Gasteiger partial charge is 0.361 e. The number of para-hydroxylation sites is 1. The van der Waals surface area contributed by atoms with Gasteiger partial charge in [0.2, 0.25) is 0 Å². The Morgan fingerprint density at radius 3 is 3.00 bits per heavy atom. The Hall–Kier alpha value is -1.65. The number of aromatic amines is 1. The number of benzene rings is 1. The summed E-state index contributed by atoms with van der Waals surface area (Å²) in [6.45, 7) is 5.10. The molecule has 3 nitrogen and oxygen atoms in total. The van der Waals surface area contributed by atoms with Crippen LogP contribution < -0.4 is 5.32 Å². The molecule has 1 unspecified atom stereocenters. The fourth-order valence-corrected chi connectivity index (χ4v) is 3.00. The number of nitrogens with one attached hydrogen (secondary N) is 2. The van der Waals surface area contributed by atoms with Gasteiger partial charge in [0.1, 0.15) is 5.01 Å². The lowest BCUT2D eigenvalue weighted by atomic mass is 10.1. The molecule has 0 bridgehead atoms. The SMILES string of the molecule is Cc1cnc(C(C)NCc2c[nH]c3ccccc23)s1. The minimum absolute atomic E-state index is 0.285. The number of H-pyrrole nitrogens is 1. The summed E-state index contributed by atoms with van der Waals surface area (Å²) in [5.74, 6) is 0. The maximum atomic E-state index is 4.43. The first kappa shape index (κ1) is 12.4. The van der Waals surface area contributed by atoms with Gasteiger partial charge >= 0.3 is 0 Å². The molecule has 0 aliphatic carbocycles. The monoisotopic (exact) mass is 271 g/mol. The normalized spacial score (nSPS) is 12.9. The van der Waals surface area contributed by atoms with Crippen molar-refractivity contribution in [2.75, 3.05) is 0 Å². The molecule has 0 saturated heterocycles. The van der Waals surface area contributed by atoms with Crippen LogP contribution >= 0.6 is 11.3 Å². The summed E-state index contributed by atoms with van der Waals surface area (Å²) in [6, 6.07) is 8.67. The van der Waals surface area contributed by atoms with Gasteiger partial charge < -0.3 is 10.3 Å². The highest BCUT2D eigenvalue weighted by molar-refractivity contribution is 7.11. The van der Waals surface area contributed by atoms with Gasteiger partial charge in [0.05, 0.1) is 6.04 Å². The summed E-state index contributed by atoms with van der Waals surface area (Å²) in [7, 11) is 0. The van der Waals surface area contributed by atoms with E-state index in [4.69, 9.17) is 0 Å². The van der Waals surface area contributed by atoms with Gasteiger partial charge in [-0.25, -0.2) is 4.98 Å². The van der Waals surface area contributed by atoms with E-state index >= 15 is 0 Å². The molecular weight excluding hydrogens is 254 g/mol. The van der Waals surface area contributed by atoms with Crippen LogP contribution in [0.15, 0.2) is 36.7 Å². The van der Waals surface area contributed by atoms with E-state index in [9.17, 15) is 0 Å². The number of nitrogens with zero attached hydrogens (tertiary/aromatic N) is 1. The number of fused-ring (bicyclic) bond motifs is 1. The summed E-state index contributed by atoms with van der Waals surface area (Å²) in [5.41, 5.74) is 2.49. The predicted octanol–water partition coefficient (Wildman–Crippen LogP) is 3.78. The van der Waals surface area contributed by atoms with Crippen LogP contribution in [0.1, 0.15) is 28.4 Å².